The van der Waals surface area contributed by atoms with Crippen LogP contribution in [0.4, 0.5) is 10.5 Å². The molecule has 0 saturated carbocycles. The molecule has 1 aromatic carbocycles. The van der Waals surface area contributed by atoms with Gasteiger partial charge in [-0.2, -0.15) is 0 Å². The number of hydrogen-bond acceptors (Lipinski definition) is 2. The largest absolute Gasteiger partial charge is 0.438 e. The van der Waals surface area contributed by atoms with Crippen molar-refractivity contribution in [2.45, 2.75) is 19.4 Å². The minimum absolute atomic E-state index is 0.440. The molecule has 3 nitrogen and oxygen atoms in total. The van der Waals surface area contributed by atoms with Crippen LogP contribution in [0.1, 0.15) is 19.4 Å². The molecule has 0 saturated heterocycles. The summed E-state index contributed by atoms with van der Waals surface area (Å²) in [6.07, 6.45) is -0.440. The van der Waals surface area contributed by atoms with Crippen molar-refractivity contribution in [1.82, 2.24) is 0 Å². The summed E-state index contributed by atoms with van der Waals surface area (Å²) in [4.78, 5) is 11.2. The van der Waals surface area contributed by atoms with E-state index < -0.39 is 11.7 Å². The Hall–Kier alpha value is -1.22. The smallest absolute Gasteiger partial charge is 0.412 e. The van der Waals surface area contributed by atoms with Crippen molar-refractivity contribution in [2.75, 3.05) is 5.32 Å². The molecule has 4 heteroatoms. The van der Waals surface area contributed by atoms with Crippen molar-refractivity contribution in [2.24, 2.45) is 0 Å². The average molecular weight is 212 g/mol. The first kappa shape index (κ1) is 9.34. The standard InChI is InChI=1S/C10H10ClNO2/c1-10(2)8-6(11)4-3-5-7(8)12-9(13)14-10/h3-5H,1-2H3,(H,12,13). The molecule has 0 radical (unpaired) electrons. The first-order valence-corrected chi connectivity index (χ1v) is 4.67. The zero-order valence-electron chi connectivity index (χ0n) is 7.93. The average Bonchev–Trinajstić information content (AvgIpc) is 2.00. The van der Waals surface area contributed by atoms with Gasteiger partial charge in [-0.1, -0.05) is 17.7 Å². The van der Waals surface area contributed by atoms with E-state index in [9.17, 15) is 4.79 Å². The maximum atomic E-state index is 11.2. The van der Waals surface area contributed by atoms with E-state index in [1.807, 2.05) is 19.9 Å². The number of fused-ring (bicyclic) bond motifs is 1. The fourth-order valence-corrected chi connectivity index (χ4v) is 2.06. The molecule has 2 rings (SSSR count). The second kappa shape index (κ2) is 2.89. The molecule has 1 amide bonds. The Morgan fingerprint density at radius 3 is 2.86 bits per heavy atom. The Labute approximate surface area is 87.0 Å². The molecule has 1 aromatic rings. The van der Waals surface area contributed by atoms with Gasteiger partial charge in [-0.15, -0.1) is 0 Å². The molecule has 0 fully saturated rings. The fraction of sp³-hybridized carbons (Fsp3) is 0.300. The van der Waals surface area contributed by atoms with Gasteiger partial charge in [0.25, 0.3) is 0 Å². The zero-order valence-corrected chi connectivity index (χ0v) is 8.68. The Balaban J connectivity index is 2.64. The second-order valence-corrected chi connectivity index (χ2v) is 4.09. The zero-order chi connectivity index (χ0) is 10.3. The van der Waals surface area contributed by atoms with Gasteiger partial charge in [0.2, 0.25) is 0 Å². The van der Waals surface area contributed by atoms with E-state index in [1.54, 1.807) is 12.1 Å². The van der Waals surface area contributed by atoms with Crippen LogP contribution in [-0.2, 0) is 10.3 Å². The maximum Gasteiger partial charge on any atom is 0.412 e. The van der Waals surface area contributed by atoms with E-state index in [1.165, 1.54) is 0 Å². The molecule has 0 aromatic heterocycles. The van der Waals surface area contributed by atoms with Gasteiger partial charge in [0.15, 0.2) is 0 Å². The second-order valence-electron chi connectivity index (χ2n) is 3.69. The van der Waals surface area contributed by atoms with Crippen LogP contribution >= 0.6 is 11.6 Å². The molecule has 74 valence electrons. The number of benzene rings is 1. The van der Waals surface area contributed by atoms with E-state index >= 15 is 0 Å². The van der Waals surface area contributed by atoms with Gasteiger partial charge in [0.05, 0.1) is 5.69 Å². The molecule has 1 aliphatic rings. The van der Waals surface area contributed by atoms with Crippen molar-refractivity contribution in [1.29, 1.82) is 0 Å². The summed E-state index contributed by atoms with van der Waals surface area (Å²) in [5.74, 6) is 0. The minimum atomic E-state index is -0.671. The van der Waals surface area contributed by atoms with Crippen LogP contribution in [0.25, 0.3) is 0 Å². The molecule has 0 bridgehead atoms. The summed E-state index contributed by atoms with van der Waals surface area (Å²) in [5.41, 5.74) is 0.871. The van der Waals surface area contributed by atoms with Gasteiger partial charge in [0.1, 0.15) is 5.60 Å². The van der Waals surface area contributed by atoms with Crippen molar-refractivity contribution >= 4 is 23.4 Å². The molecule has 0 unspecified atom stereocenters. The van der Waals surface area contributed by atoms with Gasteiger partial charge >= 0.3 is 6.09 Å². The van der Waals surface area contributed by atoms with E-state index in [2.05, 4.69) is 5.32 Å². The van der Waals surface area contributed by atoms with Crippen LogP contribution in [0.3, 0.4) is 0 Å². The number of nitrogens with one attached hydrogen (secondary N) is 1. The van der Waals surface area contributed by atoms with Crippen LogP contribution < -0.4 is 5.32 Å². The highest BCUT2D eigenvalue weighted by atomic mass is 35.5. The van der Waals surface area contributed by atoms with Crippen molar-refractivity contribution < 1.29 is 9.53 Å². The maximum absolute atomic E-state index is 11.2. The lowest BCUT2D eigenvalue weighted by Gasteiger charge is -2.33. The van der Waals surface area contributed by atoms with Crippen LogP contribution in [0.2, 0.25) is 5.02 Å². The molecule has 1 heterocycles. The van der Waals surface area contributed by atoms with Crippen molar-refractivity contribution in [3.8, 4) is 0 Å². The van der Waals surface area contributed by atoms with Crippen LogP contribution in [-0.4, -0.2) is 6.09 Å². The first-order valence-electron chi connectivity index (χ1n) is 4.30. The third-order valence-electron chi connectivity index (χ3n) is 2.20. The Bertz CT molecular complexity index is 401. The number of ether oxygens (including phenoxy) is 1. The lowest BCUT2D eigenvalue weighted by atomic mass is 9.95. The number of rotatable bonds is 0. The number of hydrogen-bond donors (Lipinski definition) is 1. The highest BCUT2D eigenvalue weighted by Gasteiger charge is 2.34. The van der Waals surface area contributed by atoms with E-state index in [-0.39, 0.29) is 0 Å². The lowest BCUT2D eigenvalue weighted by molar-refractivity contribution is 0.0421. The predicted octanol–water partition coefficient (Wildman–Crippen LogP) is 3.14. The van der Waals surface area contributed by atoms with Crippen LogP contribution in [0.15, 0.2) is 18.2 Å². The highest BCUT2D eigenvalue weighted by molar-refractivity contribution is 6.32. The van der Waals surface area contributed by atoms with Gasteiger partial charge in [-0.25, -0.2) is 4.79 Å². The normalized spacial score (nSPS) is 18.1. The summed E-state index contributed by atoms with van der Waals surface area (Å²) in [7, 11) is 0. The van der Waals surface area contributed by atoms with Crippen molar-refractivity contribution in [3.63, 3.8) is 0 Å². The lowest BCUT2D eigenvalue weighted by Crippen LogP contribution is -2.34. The van der Waals surface area contributed by atoms with Gasteiger partial charge in [-0.3, -0.25) is 5.32 Å². The van der Waals surface area contributed by atoms with Gasteiger partial charge in [-0.05, 0) is 26.0 Å². The molecule has 0 atom stereocenters. The molecule has 0 spiro atoms. The highest BCUT2D eigenvalue weighted by Crippen LogP contribution is 2.39. The monoisotopic (exact) mass is 211 g/mol. The Kier molecular flexibility index (Phi) is 1.93. The summed E-state index contributed by atoms with van der Waals surface area (Å²) in [6.45, 7) is 3.63. The third kappa shape index (κ3) is 1.34. The van der Waals surface area contributed by atoms with Crippen LogP contribution in [0.5, 0.6) is 0 Å². The topological polar surface area (TPSA) is 38.3 Å². The number of carbonyl (C=O) groups is 1. The molecule has 1 aliphatic heterocycles. The molecular weight excluding hydrogens is 202 g/mol. The summed E-state index contributed by atoms with van der Waals surface area (Å²) in [6, 6.07) is 5.38. The fourth-order valence-electron chi connectivity index (χ4n) is 1.66. The van der Waals surface area contributed by atoms with E-state index in [0.717, 1.165) is 11.3 Å². The number of halogens is 1. The number of amides is 1. The Morgan fingerprint density at radius 1 is 1.43 bits per heavy atom. The molecule has 0 aliphatic carbocycles. The SMILES string of the molecule is CC1(C)OC(=O)Nc2cccc(Cl)c21. The van der Waals surface area contributed by atoms with Gasteiger partial charge in [0, 0.05) is 10.6 Å². The number of anilines is 1. The number of cyclic esters (lactones) is 1. The predicted molar refractivity (Wildman–Crippen MR) is 54.6 cm³/mol. The minimum Gasteiger partial charge on any atom is -0.438 e. The van der Waals surface area contributed by atoms with E-state index in [4.69, 9.17) is 16.3 Å². The summed E-state index contributed by atoms with van der Waals surface area (Å²) < 4.78 is 5.15. The summed E-state index contributed by atoms with van der Waals surface area (Å²) in [5, 5.41) is 3.21. The Morgan fingerprint density at radius 2 is 2.14 bits per heavy atom. The quantitative estimate of drug-likeness (QED) is 0.716. The molecule has 14 heavy (non-hydrogen) atoms. The summed E-state index contributed by atoms with van der Waals surface area (Å²) >= 11 is 6.04. The molecule has 1 N–H and O–H groups in total. The van der Waals surface area contributed by atoms with Crippen LogP contribution in [0, 0.1) is 0 Å². The van der Waals surface area contributed by atoms with E-state index in [0.29, 0.717) is 5.02 Å². The third-order valence-corrected chi connectivity index (χ3v) is 2.52. The first-order chi connectivity index (χ1) is 6.50. The van der Waals surface area contributed by atoms with Crippen molar-refractivity contribution in [3.05, 3.63) is 28.8 Å². The number of carbonyl (C=O) groups excluding carboxylic acids is 1. The molecular formula is C10H10ClNO2. The van der Waals surface area contributed by atoms with Gasteiger partial charge < -0.3 is 4.74 Å².